The molecule has 1 fully saturated rings. The predicted octanol–water partition coefficient (Wildman–Crippen LogP) is 2.64. The molecule has 0 saturated carbocycles. The summed E-state index contributed by atoms with van der Waals surface area (Å²) < 4.78 is 0. The second-order valence-electron chi connectivity index (χ2n) is 9.81. The summed E-state index contributed by atoms with van der Waals surface area (Å²) in [6.07, 6.45) is -0.306. The fourth-order valence-corrected chi connectivity index (χ4v) is 5.11. The number of carbonyl (C=O) groups is 2. The van der Waals surface area contributed by atoms with E-state index in [1.54, 1.807) is 16.2 Å². The van der Waals surface area contributed by atoms with E-state index in [0.717, 1.165) is 21.7 Å². The van der Waals surface area contributed by atoms with Crippen molar-refractivity contribution < 1.29 is 19.8 Å². The third-order valence-corrected chi connectivity index (χ3v) is 6.92. The third-order valence-electron chi connectivity index (χ3n) is 5.95. The standard InChI is InChI=1S/C24H34N4O4S/c1-15-22(33-13-26-15)17-7-5-16(6-8-17)18(9-10-29)27-14-28(21(31)12-24(2,3)4)19(23(25)32)11-20(27)30/h5-8,13,18-20,29-30H,9-12,14H2,1-4H3,(H2,25,32). The molecule has 3 rings (SSSR count). The fourth-order valence-electron chi connectivity index (χ4n) is 4.30. The molecule has 8 nitrogen and oxygen atoms in total. The Bertz CT molecular complexity index is 970. The van der Waals surface area contributed by atoms with Gasteiger partial charge in [-0.15, -0.1) is 11.3 Å². The zero-order valence-corrected chi connectivity index (χ0v) is 20.5. The van der Waals surface area contributed by atoms with Crippen molar-refractivity contribution in [2.24, 2.45) is 11.1 Å². The highest BCUT2D eigenvalue weighted by atomic mass is 32.1. The molecule has 2 amide bonds. The molecule has 33 heavy (non-hydrogen) atoms. The topological polar surface area (TPSA) is 120 Å². The van der Waals surface area contributed by atoms with Gasteiger partial charge in [-0.25, -0.2) is 4.98 Å². The van der Waals surface area contributed by atoms with Gasteiger partial charge in [0.1, 0.15) is 12.3 Å². The highest BCUT2D eigenvalue weighted by Gasteiger charge is 2.41. The number of nitrogens with zero attached hydrogens (tertiary/aromatic N) is 3. The first-order valence-corrected chi connectivity index (χ1v) is 12.0. The number of aliphatic hydroxyl groups excluding tert-OH is 2. The molecule has 1 aliphatic heterocycles. The Kier molecular flexibility index (Phi) is 7.89. The molecular formula is C24H34N4O4S. The average molecular weight is 475 g/mol. The van der Waals surface area contributed by atoms with E-state index in [1.165, 1.54) is 4.90 Å². The second kappa shape index (κ2) is 10.3. The minimum atomic E-state index is -0.971. The van der Waals surface area contributed by atoms with Gasteiger partial charge in [0.2, 0.25) is 11.8 Å². The molecular weight excluding hydrogens is 440 g/mol. The third kappa shape index (κ3) is 5.97. The lowest BCUT2D eigenvalue weighted by molar-refractivity contribution is -0.164. The number of nitrogens with two attached hydrogens (primary N) is 1. The van der Waals surface area contributed by atoms with Crippen molar-refractivity contribution in [1.82, 2.24) is 14.8 Å². The van der Waals surface area contributed by atoms with Crippen LogP contribution in [0.5, 0.6) is 0 Å². The van der Waals surface area contributed by atoms with Gasteiger partial charge in [-0.3, -0.25) is 14.5 Å². The summed E-state index contributed by atoms with van der Waals surface area (Å²) in [5.41, 5.74) is 10.1. The summed E-state index contributed by atoms with van der Waals surface area (Å²) in [7, 11) is 0. The summed E-state index contributed by atoms with van der Waals surface area (Å²) in [6, 6.07) is 6.76. The Balaban J connectivity index is 1.88. The zero-order chi connectivity index (χ0) is 24.3. The first-order valence-electron chi connectivity index (χ1n) is 11.2. The van der Waals surface area contributed by atoms with Crippen LogP contribution in [-0.4, -0.2) is 62.4 Å². The molecule has 0 radical (unpaired) electrons. The molecule has 2 aromatic rings. The first-order chi connectivity index (χ1) is 15.5. The van der Waals surface area contributed by atoms with Crippen molar-refractivity contribution in [3.8, 4) is 10.4 Å². The number of hydrogen-bond donors (Lipinski definition) is 3. The van der Waals surface area contributed by atoms with Crippen molar-refractivity contribution in [2.75, 3.05) is 13.3 Å². The number of aryl methyl sites for hydroxylation is 1. The summed E-state index contributed by atoms with van der Waals surface area (Å²) in [4.78, 5) is 33.8. The lowest BCUT2D eigenvalue weighted by Crippen LogP contribution is -2.61. The lowest BCUT2D eigenvalue weighted by Gasteiger charge is -2.47. The number of primary amides is 1. The molecule has 3 unspecified atom stereocenters. The number of thiazole rings is 1. The Hall–Kier alpha value is -2.33. The highest BCUT2D eigenvalue weighted by molar-refractivity contribution is 7.13. The molecule has 0 spiro atoms. The summed E-state index contributed by atoms with van der Waals surface area (Å²) in [5, 5.41) is 20.7. The van der Waals surface area contributed by atoms with Crippen LogP contribution in [0.4, 0.5) is 0 Å². The summed E-state index contributed by atoms with van der Waals surface area (Å²) in [5.74, 6) is -0.805. The molecule has 3 atom stereocenters. The predicted molar refractivity (Wildman–Crippen MR) is 128 cm³/mol. The number of carbonyl (C=O) groups excluding carboxylic acids is 2. The van der Waals surface area contributed by atoms with Crippen LogP contribution in [0.15, 0.2) is 29.8 Å². The Labute approximate surface area is 199 Å². The number of aliphatic hydroxyl groups is 2. The van der Waals surface area contributed by atoms with Crippen molar-refractivity contribution in [3.63, 3.8) is 0 Å². The van der Waals surface area contributed by atoms with Gasteiger partial charge in [0.05, 0.1) is 22.8 Å². The van der Waals surface area contributed by atoms with E-state index in [2.05, 4.69) is 4.98 Å². The van der Waals surface area contributed by atoms with Crippen LogP contribution in [0, 0.1) is 12.3 Å². The van der Waals surface area contributed by atoms with Gasteiger partial charge in [-0.2, -0.15) is 0 Å². The molecule has 1 aromatic carbocycles. The van der Waals surface area contributed by atoms with Gasteiger partial charge in [0, 0.05) is 25.5 Å². The van der Waals surface area contributed by atoms with Crippen LogP contribution in [0.3, 0.4) is 0 Å². The van der Waals surface area contributed by atoms with E-state index < -0.39 is 18.2 Å². The smallest absolute Gasteiger partial charge is 0.240 e. The minimum Gasteiger partial charge on any atom is -0.396 e. The van der Waals surface area contributed by atoms with Crippen LogP contribution in [0.2, 0.25) is 0 Å². The molecule has 1 saturated heterocycles. The quantitative estimate of drug-likeness (QED) is 0.567. The molecule has 0 aliphatic carbocycles. The van der Waals surface area contributed by atoms with Gasteiger partial charge in [-0.05, 0) is 29.9 Å². The number of rotatable bonds is 7. The van der Waals surface area contributed by atoms with Crippen molar-refractivity contribution in [2.45, 2.75) is 65.3 Å². The molecule has 180 valence electrons. The minimum absolute atomic E-state index is 0.0330. The van der Waals surface area contributed by atoms with Crippen molar-refractivity contribution in [3.05, 3.63) is 41.0 Å². The van der Waals surface area contributed by atoms with Crippen LogP contribution >= 0.6 is 11.3 Å². The normalized spacial score (nSPS) is 20.6. The second-order valence-corrected chi connectivity index (χ2v) is 10.7. The lowest BCUT2D eigenvalue weighted by atomic mass is 9.90. The van der Waals surface area contributed by atoms with Gasteiger partial charge in [0.15, 0.2) is 0 Å². The zero-order valence-electron chi connectivity index (χ0n) is 19.7. The molecule has 1 aliphatic rings. The Morgan fingerprint density at radius 3 is 2.45 bits per heavy atom. The van der Waals surface area contributed by atoms with Gasteiger partial charge in [-0.1, -0.05) is 45.0 Å². The Morgan fingerprint density at radius 2 is 1.94 bits per heavy atom. The molecule has 4 N–H and O–H groups in total. The molecule has 2 heterocycles. The average Bonchev–Trinajstić information content (AvgIpc) is 3.16. The number of benzene rings is 1. The Morgan fingerprint density at radius 1 is 1.27 bits per heavy atom. The van der Waals surface area contributed by atoms with E-state index in [4.69, 9.17) is 5.73 Å². The fraction of sp³-hybridized carbons (Fsp3) is 0.542. The summed E-state index contributed by atoms with van der Waals surface area (Å²) >= 11 is 1.58. The monoisotopic (exact) mass is 474 g/mol. The van der Waals surface area contributed by atoms with Gasteiger partial charge in [0.25, 0.3) is 0 Å². The van der Waals surface area contributed by atoms with Crippen LogP contribution in [0.25, 0.3) is 10.4 Å². The SMILES string of the molecule is Cc1ncsc1-c1ccc(C(CCO)N2CN(C(=O)CC(C)(C)C)C(C(N)=O)CC2O)cc1. The van der Waals surface area contributed by atoms with Gasteiger partial charge < -0.3 is 20.8 Å². The maximum atomic E-state index is 13.1. The number of amides is 2. The van der Waals surface area contributed by atoms with Crippen LogP contribution < -0.4 is 5.73 Å². The number of hydrogen-bond acceptors (Lipinski definition) is 7. The highest BCUT2D eigenvalue weighted by Crippen LogP contribution is 2.34. The van der Waals surface area contributed by atoms with Crippen molar-refractivity contribution in [1.29, 1.82) is 0 Å². The van der Waals surface area contributed by atoms with E-state index >= 15 is 0 Å². The maximum absolute atomic E-state index is 13.1. The largest absolute Gasteiger partial charge is 0.396 e. The van der Waals surface area contributed by atoms with Crippen LogP contribution in [0.1, 0.15) is 57.3 Å². The van der Waals surface area contributed by atoms with E-state index in [9.17, 15) is 19.8 Å². The van der Waals surface area contributed by atoms with E-state index in [-0.39, 0.29) is 43.5 Å². The molecule has 0 bridgehead atoms. The summed E-state index contributed by atoms with van der Waals surface area (Å²) in [6.45, 7) is 7.82. The molecule has 9 heteroatoms. The van der Waals surface area contributed by atoms with E-state index in [1.807, 2.05) is 57.5 Å². The maximum Gasteiger partial charge on any atom is 0.240 e. The van der Waals surface area contributed by atoms with Crippen molar-refractivity contribution >= 4 is 23.2 Å². The molecule has 1 aromatic heterocycles. The van der Waals surface area contributed by atoms with E-state index in [0.29, 0.717) is 6.42 Å². The van der Waals surface area contributed by atoms with Gasteiger partial charge >= 0.3 is 0 Å². The van der Waals surface area contributed by atoms with Crippen LogP contribution in [-0.2, 0) is 9.59 Å². The number of aromatic nitrogens is 1. The first kappa shape index (κ1) is 25.3.